The van der Waals surface area contributed by atoms with Gasteiger partial charge in [-0.25, -0.2) is 15.1 Å². The molecule has 0 aliphatic rings. The van der Waals surface area contributed by atoms with Crippen molar-refractivity contribution in [3.8, 4) is 11.1 Å². The Labute approximate surface area is 153 Å². The average molecular weight is 375 g/mol. The number of hydrogen-bond donors (Lipinski definition) is 4. The lowest BCUT2D eigenvalue weighted by Crippen LogP contribution is -2.21. The summed E-state index contributed by atoms with van der Waals surface area (Å²) in [5.41, 5.74) is 2.84. The van der Waals surface area contributed by atoms with E-state index in [9.17, 15) is 19.5 Å². The van der Waals surface area contributed by atoms with Gasteiger partial charge in [0.1, 0.15) is 0 Å². The van der Waals surface area contributed by atoms with Crippen molar-refractivity contribution in [1.29, 1.82) is 0 Å². The molecule has 0 heterocycles. The topological polar surface area (TPSA) is 124 Å². The molecule has 4 N–H and O–H groups in total. The number of aromatic carboxylic acids is 2. The van der Waals surface area contributed by atoms with E-state index in [0.29, 0.717) is 16.7 Å². The van der Waals surface area contributed by atoms with Gasteiger partial charge in [-0.1, -0.05) is 30.3 Å². The minimum absolute atomic E-state index is 0.000119. The Balaban J connectivity index is 2.62. The monoisotopic (exact) mass is 375 g/mol. The highest BCUT2D eigenvalue weighted by Crippen LogP contribution is 2.37. The summed E-state index contributed by atoms with van der Waals surface area (Å²) < 4.78 is 0. The van der Waals surface area contributed by atoms with E-state index < -0.39 is 23.1 Å². The van der Waals surface area contributed by atoms with E-state index in [1.165, 1.54) is 23.9 Å². The number of rotatable bonds is 7. The molecule has 0 fully saturated rings. The van der Waals surface area contributed by atoms with Gasteiger partial charge in [0.15, 0.2) is 0 Å². The van der Waals surface area contributed by atoms with Gasteiger partial charge in [0, 0.05) is 11.7 Å². The number of benzene rings is 2. The van der Waals surface area contributed by atoms with Crippen LogP contribution < -0.4 is 5.48 Å². The molecule has 0 saturated carbocycles. The van der Waals surface area contributed by atoms with Crippen LogP contribution in [0, 0.1) is 0 Å². The Morgan fingerprint density at radius 3 is 2.35 bits per heavy atom. The number of carboxylic acid groups (broad SMARTS) is 2. The Morgan fingerprint density at radius 2 is 1.77 bits per heavy atom. The van der Waals surface area contributed by atoms with Crippen molar-refractivity contribution in [3.63, 3.8) is 0 Å². The summed E-state index contributed by atoms with van der Waals surface area (Å²) in [5, 5.41) is 27.1. The van der Waals surface area contributed by atoms with Crippen LogP contribution in [0.1, 0.15) is 38.0 Å². The van der Waals surface area contributed by atoms with Crippen LogP contribution in [0.15, 0.2) is 42.5 Å². The van der Waals surface area contributed by atoms with Gasteiger partial charge >= 0.3 is 11.9 Å². The van der Waals surface area contributed by atoms with Crippen LogP contribution in [0.3, 0.4) is 0 Å². The summed E-state index contributed by atoms with van der Waals surface area (Å²) in [6, 6.07) is 10.9. The third-order valence-electron chi connectivity index (χ3n) is 3.86. The summed E-state index contributed by atoms with van der Waals surface area (Å²) in [6.07, 6.45) is 1.63. The molecule has 1 amide bonds. The zero-order valence-corrected chi connectivity index (χ0v) is 14.6. The summed E-state index contributed by atoms with van der Waals surface area (Å²) in [5.74, 6) is -2.92. The van der Waals surface area contributed by atoms with E-state index in [1.807, 2.05) is 0 Å². The first-order valence-electron chi connectivity index (χ1n) is 7.54. The molecule has 0 aromatic heterocycles. The van der Waals surface area contributed by atoms with E-state index in [1.54, 1.807) is 42.1 Å². The Hall–Kier alpha value is -2.84. The van der Waals surface area contributed by atoms with Crippen molar-refractivity contribution in [2.24, 2.45) is 0 Å². The van der Waals surface area contributed by atoms with Crippen molar-refractivity contribution in [3.05, 3.63) is 59.2 Å². The predicted octanol–water partition coefficient (Wildman–Crippen LogP) is 3.05. The highest BCUT2D eigenvalue weighted by molar-refractivity contribution is 7.98. The molecule has 1 unspecified atom stereocenters. The Kier molecular flexibility index (Phi) is 6.37. The van der Waals surface area contributed by atoms with Gasteiger partial charge in [-0.2, -0.15) is 11.8 Å². The van der Waals surface area contributed by atoms with Crippen molar-refractivity contribution in [2.75, 3.05) is 6.26 Å². The smallest absolute Gasteiger partial charge is 0.336 e. The molecule has 0 radical (unpaired) electrons. The molecule has 0 bridgehead atoms. The number of carbonyl (C=O) groups excluding carboxylic acids is 1. The minimum atomic E-state index is -1.18. The number of nitrogens with one attached hydrogen (secondary N) is 1. The maximum absolute atomic E-state index is 11.9. The molecule has 0 aliphatic heterocycles. The van der Waals surface area contributed by atoms with Crippen LogP contribution >= 0.6 is 11.8 Å². The molecule has 0 spiro atoms. The maximum Gasteiger partial charge on any atom is 0.336 e. The van der Waals surface area contributed by atoms with E-state index in [0.717, 1.165) is 0 Å². The van der Waals surface area contributed by atoms with Crippen LogP contribution in [0.2, 0.25) is 0 Å². The minimum Gasteiger partial charge on any atom is -0.478 e. The van der Waals surface area contributed by atoms with Crippen molar-refractivity contribution < 1.29 is 29.8 Å². The van der Waals surface area contributed by atoms with Crippen molar-refractivity contribution in [1.82, 2.24) is 5.48 Å². The third kappa shape index (κ3) is 4.22. The number of hydrogen-bond acceptors (Lipinski definition) is 5. The Morgan fingerprint density at radius 1 is 1.08 bits per heavy atom. The summed E-state index contributed by atoms with van der Waals surface area (Å²) >= 11 is 1.28. The first-order chi connectivity index (χ1) is 12.4. The van der Waals surface area contributed by atoms with Crippen LogP contribution in [-0.2, 0) is 4.79 Å². The number of carbonyl (C=O) groups is 3. The van der Waals surface area contributed by atoms with Crippen LogP contribution in [-0.4, -0.2) is 39.5 Å². The van der Waals surface area contributed by atoms with E-state index in [4.69, 9.17) is 10.3 Å². The van der Waals surface area contributed by atoms with Gasteiger partial charge in [0.25, 0.3) is 0 Å². The molecular weight excluding hydrogens is 358 g/mol. The maximum atomic E-state index is 11.9. The average Bonchev–Trinajstić information content (AvgIpc) is 2.65. The summed E-state index contributed by atoms with van der Waals surface area (Å²) in [7, 11) is 0. The standard InChI is InChI=1S/C18H17NO6S/c1-26-14(9-15(20)19-25)13-7-3-6-12(16(13)18(23)24)10-4-2-5-11(8-10)17(21)22/h2-8,14,25H,9H2,1H3,(H,19,20)(H,21,22)(H,23,24). The lowest BCUT2D eigenvalue weighted by Gasteiger charge is -2.19. The second kappa shape index (κ2) is 8.50. The fourth-order valence-corrected chi connectivity index (χ4v) is 3.44. The summed E-state index contributed by atoms with van der Waals surface area (Å²) in [6.45, 7) is 0. The molecule has 2 aromatic carbocycles. The SMILES string of the molecule is CSC(CC(=O)NO)c1cccc(-c2cccc(C(=O)O)c2)c1C(=O)O. The van der Waals surface area contributed by atoms with Gasteiger partial charge in [0.05, 0.1) is 11.1 Å². The normalized spacial score (nSPS) is 11.6. The zero-order chi connectivity index (χ0) is 19.3. The molecule has 2 aromatic rings. The van der Waals surface area contributed by atoms with Crippen LogP contribution in [0.5, 0.6) is 0 Å². The fraction of sp³-hybridized carbons (Fsp3) is 0.167. The first kappa shape index (κ1) is 19.5. The quantitative estimate of drug-likeness (QED) is 0.433. The lowest BCUT2D eigenvalue weighted by atomic mass is 9.92. The number of amides is 1. The van der Waals surface area contributed by atoms with Gasteiger partial charge in [0.2, 0.25) is 5.91 Å². The van der Waals surface area contributed by atoms with Crippen molar-refractivity contribution in [2.45, 2.75) is 11.7 Å². The van der Waals surface area contributed by atoms with Gasteiger partial charge < -0.3 is 10.2 Å². The molecule has 8 heteroatoms. The van der Waals surface area contributed by atoms with E-state index in [2.05, 4.69) is 0 Å². The molecule has 26 heavy (non-hydrogen) atoms. The Bertz CT molecular complexity index is 851. The fourth-order valence-electron chi connectivity index (χ4n) is 2.67. The molecule has 7 nitrogen and oxygen atoms in total. The van der Waals surface area contributed by atoms with E-state index >= 15 is 0 Å². The third-order valence-corrected chi connectivity index (χ3v) is 4.85. The second-order valence-electron chi connectivity index (χ2n) is 5.42. The predicted molar refractivity (Wildman–Crippen MR) is 96.6 cm³/mol. The highest BCUT2D eigenvalue weighted by Gasteiger charge is 2.24. The summed E-state index contributed by atoms with van der Waals surface area (Å²) in [4.78, 5) is 34.6. The largest absolute Gasteiger partial charge is 0.478 e. The highest BCUT2D eigenvalue weighted by atomic mass is 32.2. The second-order valence-corrected chi connectivity index (χ2v) is 6.46. The molecule has 136 valence electrons. The van der Waals surface area contributed by atoms with Crippen LogP contribution in [0.4, 0.5) is 0 Å². The van der Waals surface area contributed by atoms with Gasteiger partial charge in [-0.3, -0.25) is 10.0 Å². The molecule has 0 aliphatic carbocycles. The van der Waals surface area contributed by atoms with Crippen LogP contribution in [0.25, 0.3) is 11.1 Å². The van der Waals surface area contributed by atoms with Gasteiger partial charge in [-0.05, 0) is 35.1 Å². The van der Waals surface area contributed by atoms with E-state index in [-0.39, 0.29) is 17.5 Å². The number of thioether (sulfide) groups is 1. The first-order valence-corrected chi connectivity index (χ1v) is 8.83. The van der Waals surface area contributed by atoms with Crippen molar-refractivity contribution >= 4 is 29.6 Å². The molecule has 0 saturated heterocycles. The number of carboxylic acids is 2. The van der Waals surface area contributed by atoms with Gasteiger partial charge in [-0.15, -0.1) is 0 Å². The molecule has 1 atom stereocenters. The molecule has 2 rings (SSSR count). The molecular formula is C18H17NO6S. The lowest BCUT2D eigenvalue weighted by molar-refractivity contribution is -0.129. The zero-order valence-electron chi connectivity index (χ0n) is 13.8. The number of hydroxylamine groups is 1.